The fourth-order valence-corrected chi connectivity index (χ4v) is 3.78. The van der Waals surface area contributed by atoms with Gasteiger partial charge in [0.1, 0.15) is 5.75 Å². The lowest BCUT2D eigenvalue weighted by atomic mass is 10.1. The molecule has 142 valence electrons. The second kappa shape index (κ2) is 8.13. The van der Waals surface area contributed by atoms with Crippen LogP contribution in [0, 0.1) is 5.92 Å². The van der Waals surface area contributed by atoms with E-state index in [9.17, 15) is 4.79 Å². The molecule has 0 aromatic heterocycles. The van der Waals surface area contributed by atoms with Crippen LogP contribution in [-0.2, 0) is 13.1 Å². The number of rotatable bonds is 2. The Hall–Kier alpha value is -2.33. The van der Waals surface area contributed by atoms with Crippen LogP contribution in [0.4, 0.5) is 0 Å². The number of benzene rings is 2. The standard InChI is InChI=1S/C23H28N2O2/c1-24-15-19-6-4-7-20(14-19)17-25(16-18-10-11-18)12-5-13-27-22-9-3-2-8-21(22)23(24)26/h2-4,6-9,14,18H,5,10-13,15-17H2,1H3. The van der Waals surface area contributed by atoms with E-state index in [-0.39, 0.29) is 5.91 Å². The molecule has 1 aliphatic carbocycles. The van der Waals surface area contributed by atoms with Gasteiger partial charge in [0.05, 0.1) is 12.2 Å². The largest absolute Gasteiger partial charge is 0.493 e. The van der Waals surface area contributed by atoms with Gasteiger partial charge in [-0.15, -0.1) is 0 Å². The summed E-state index contributed by atoms with van der Waals surface area (Å²) in [4.78, 5) is 17.3. The van der Waals surface area contributed by atoms with Crippen molar-refractivity contribution in [2.24, 2.45) is 5.92 Å². The maximum Gasteiger partial charge on any atom is 0.257 e. The molecule has 0 atom stereocenters. The highest BCUT2D eigenvalue weighted by atomic mass is 16.5. The number of fused-ring (bicyclic) bond motifs is 3. The highest BCUT2D eigenvalue weighted by Crippen LogP contribution is 2.30. The highest BCUT2D eigenvalue weighted by Gasteiger charge is 2.24. The van der Waals surface area contributed by atoms with Crippen LogP contribution < -0.4 is 4.74 Å². The van der Waals surface area contributed by atoms with Gasteiger partial charge in [-0.3, -0.25) is 9.69 Å². The third kappa shape index (κ3) is 4.69. The molecule has 2 aliphatic rings. The number of para-hydroxylation sites is 1. The smallest absolute Gasteiger partial charge is 0.257 e. The molecule has 2 aromatic carbocycles. The zero-order chi connectivity index (χ0) is 18.6. The molecule has 1 heterocycles. The number of hydrogen-bond acceptors (Lipinski definition) is 3. The van der Waals surface area contributed by atoms with Crippen LogP contribution in [0.25, 0.3) is 0 Å². The lowest BCUT2D eigenvalue weighted by Crippen LogP contribution is -2.29. The molecule has 1 aliphatic heterocycles. The molecule has 2 bridgehead atoms. The minimum absolute atomic E-state index is 0.00317. The van der Waals surface area contributed by atoms with Crippen molar-refractivity contribution in [2.45, 2.75) is 32.4 Å². The van der Waals surface area contributed by atoms with Crippen molar-refractivity contribution in [3.8, 4) is 5.75 Å². The molecule has 4 nitrogen and oxygen atoms in total. The van der Waals surface area contributed by atoms with Crippen LogP contribution in [0.2, 0.25) is 0 Å². The number of nitrogens with zero attached hydrogens (tertiary/aromatic N) is 2. The Morgan fingerprint density at radius 2 is 1.81 bits per heavy atom. The number of hydrogen-bond donors (Lipinski definition) is 0. The van der Waals surface area contributed by atoms with Crippen LogP contribution in [0.3, 0.4) is 0 Å². The first-order valence-corrected chi connectivity index (χ1v) is 9.96. The van der Waals surface area contributed by atoms with Crippen LogP contribution >= 0.6 is 0 Å². The van der Waals surface area contributed by atoms with Crippen molar-refractivity contribution in [3.63, 3.8) is 0 Å². The molecule has 1 amide bonds. The van der Waals surface area contributed by atoms with E-state index in [2.05, 4.69) is 29.2 Å². The summed E-state index contributed by atoms with van der Waals surface area (Å²) in [5.74, 6) is 1.56. The van der Waals surface area contributed by atoms with Crippen molar-refractivity contribution in [1.82, 2.24) is 9.80 Å². The number of amides is 1. The lowest BCUT2D eigenvalue weighted by molar-refractivity contribution is 0.0780. The summed E-state index contributed by atoms with van der Waals surface area (Å²) in [6.07, 6.45) is 3.70. The van der Waals surface area contributed by atoms with E-state index >= 15 is 0 Å². The second-order valence-corrected chi connectivity index (χ2v) is 7.86. The van der Waals surface area contributed by atoms with Crippen molar-refractivity contribution < 1.29 is 9.53 Å². The van der Waals surface area contributed by atoms with E-state index in [1.165, 1.54) is 30.5 Å². The SMILES string of the molecule is CN1Cc2cccc(c2)CN(CC2CC2)CCCOc2ccccc2C1=O. The van der Waals surface area contributed by atoms with E-state index in [0.717, 1.165) is 25.4 Å². The van der Waals surface area contributed by atoms with Crippen LogP contribution in [0.1, 0.15) is 40.7 Å². The fourth-order valence-electron chi connectivity index (χ4n) is 3.78. The second-order valence-electron chi connectivity index (χ2n) is 7.86. The molecule has 0 unspecified atom stereocenters. The first-order valence-electron chi connectivity index (χ1n) is 9.96. The quantitative estimate of drug-likeness (QED) is 0.809. The summed E-state index contributed by atoms with van der Waals surface area (Å²) >= 11 is 0. The van der Waals surface area contributed by atoms with Crippen molar-refractivity contribution in [2.75, 3.05) is 26.7 Å². The molecule has 1 saturated carbocycles. The van der Waals surface area contributed by atoms with Crippen LogP contribution in [0.5, 0.6) is 5.75 Å². The summed E-state index contributed by atoms with van der Waals surface area (Å²) in [7, 11) is 1.86. The minimum atomic E-state index is 0.00317. The average molecular weight is 364 g/mol. The van der Waals surface area contributed by atoms with Gasteiger partial charge in [-0.2, -0.15) is 0 Å². The molecule has 0 spiro atoms. The van der Waals surface area contributed by atoms with E-state index in [4.69, 9.17) is 4.74 Å². The van der Waals surface area contributed by atoms with Crippen LogP contribution in [0.15, 0.2) is 48.5 Å². The first-order chi connectivity index (χ1) is 13.2. The summed E-state index contributed by atoms with van der Waals surface area (Å²) in [5, 5.41) is 0. The molecule has 0 radical (unpaired) electrons. The van der Waals surface area contributed by atoms with Gasteiger partial charge in [0, 0.05) is 33.2 Å². The zero-order valence-electron chi connectivity index (χ0n) is 16.1. The van der Waals surface area contributed by atoms with E-state index in [1.807, 2.05) is 31.3 Å². The summed E-state index contributed by atoms with van der Waals surface area (Å²) in [5.41, 5.74) is 3.14. The van der Waals surface area contributed by atoms with Gasteiger partial charge in [0.25, 0.3) is 5.91 Å². The molecular weight excluding hydrogens is 336 g/mol. The minimum Gasteiger partial charge on any atom is -0.493 e. The van der Waals surface area contributed by atoms with Gasteiger partial charge >= 0.3 is 0 Å². The van der Waals surface area contributed by atoms with Gasteiger partial charge in [0.2, 0.25) is 0 Å². The molecule has 4 heteroatoms. The topological polar surface area (TPSA) is 32.8 Å². The molecule has 4 rings (SSSR count). The predicted molar refractivity (Wildman–Crippen MR) is 107 cm³/mol. The number of carbonyl (C=O) groups is 1. The zero-order valence-corrected chi connectivity index (χ0v) is 16.1. The lowest BCUT2D eigenvalue weighted by Gasteiger charge is -2.24. The number of carbonyl (C=O) groups excluding carboxylic acids is 1. The van der Waals surface area contributed by atoms with Crippen LogP contribution in [-0.4, -0.2) is 42.5 Å². The third-order valence-electron chi connectivity index (χ3n) is 5.37. The molecule has 27 heavy (non-hydrogen) atoms. The molecule has 0 N–H and O–H groups in total. The molecule has 2 aromatic rings. The average Bonchev–Trinajstić information content (AvgIpc) is 3.48. The van der Waals surface area contributed by atoms with Crippen molar-refractivity contribution in [1.29, 1.82) is 0 Å². The Morgan fingerprint density at radius 1 is 1.04 bits per heavy atom. The summed E-state index contributed by atoms with van der Waals surface area (Å²) in [6.45, 7) is 4.41. The van der Waals surface area contributed by atoms with Gasteiger partial charge in [-0.05, 0) is 48.4 Å². The van der Waals surface area contributed by atoms with Crippen molar-refractivity contribution in [3.05, 3.63) is 65.2 Å². The van der Waals surface area contributed by atoms with E-state index < -0.39 is 0 Å². The first kappa shape index (κ1) is 18.1. The van der Waals surface area contributed by atoms with Gasteiger partial charge in [0.15, 0.2) is 0 Å². The molecule has 0 saturated heterocycles. The van der Waals surface area contributed by atoms with Gasteiger partial charge in [-0.25, -0.2) is 0 Å². The van der Waals surface area contributed by atoms with E-state index in [0.29, 0.717) is 24.5 Å². The van der Waals surface area contributed by atoms with Gasteiger partial charge in [-0.1, -0.05) is 36.4 Å². The predicted octanol–water partition coefficient (Wildman–Crippen LogP) is 3.95. The summed E-state index contributed by atoms with van der Waals surface area (Å²) in [6, 6.07) is 16.2. The Balaban J connectivity index is 1.60. The Labute approximate surface area is 161 Å². The monoisotopic (exact) mass is 364 g/mol. The van der Waals surface area contributed by atoms with Gasteiger partial charge < -0.3 is 9.64 Å². The summed E-state index contributed by atoms with van der Waals surface area (Å²) < 4.78 is 6.00. The molecule has 1 fully saturated rings. The Kier molecular flexibility index (Phi) is 5.44. The fraction of sp³-hybridized carbons (Fsp3) is 0.435. The van der Waals surface area contributed by atoms with E-state index in [1.54, 1.807) is 4.90 Å². The number of ether oxygens (including phenoxy) is 1. The normalized spacial score (nSPS) is 19.1. The maximum absolute atomic E-state index is 12.9. The molecular formula is C23H28N2O2. The van der Waals surface area contributed by atoms with Crippen molar-refractivity contribution >= 4 is 5.91 Å². The Morgan fingerprint density at radius 3 is 2.63 bits per heavy atom. The highest BCUT2D eigenvalue weighted by molar-refractivity contribution is 5.96. The third-order valence-corrected chi connectivity index (χ3v) is 5.37. The maximum atomic E-state index is 12.9. The Bertz CT molecular complexity index is 800.